The zero-order chi connectivity index (χ0) is 22.8. The molecule has 0 bridgehead atoms. The van der Waals surface area contributed by atoms with Gasteiger partial charge in [0.1, 0.15) is 18.3 Å². The molecule has 0 radical (unpaired) electrons. The fourth-order valence-electron chi connectivity index (χ4n) is 5.36. The lowest BCUT2D eigenvalue weighted by Crippen LogP contribution is -2.28. The third kappa shape index (κ3) is 4.51. The number of hydrogen-bond donors (Lipinski definition) is 3. The summed E-state index contributed by atoms with van der Waals surface area (Å²) in [6.07, 6.45) is 0.344. The third-order valence-electron chi connectivity index (χ3n) is 7.03. The lowest BCUT2D eigenvalue weighted by molar-refractivity contribution is -0.143. The average molecular weight is 448 g/mol. The van der Waals surface area contributed by atoms with Crippen molar-refractivity contribution in [2.24, 2.45) is 23.7 Å². The molecule has 1 aromatic rings. The molecule has 9 nitrogen and oxygen atoms in total. The van der Waals surface area contributed by atoms with Crippen LogP contribution in [0.1, 0.15) is 36.0 Å². The Bertz CT molecular complexity index is 841. The molecule has 4 aliphatic rings. The minimum atomic E-state index is -0.502. The molecule has 0 amide bonds. The Morgan fingerprint density at radius 3 is 2.06 bits per heavy atom. The first-order valence-electron chi connectivity index (χ1n) is 11.0. The van der Waals surface area contributed by atoms with E-state index >= 15 is 0 Å². The Balaban J connectivity index is 0.000000174. The molecule has 5 rings (SSSR count). The highest BCUT2D eigenvalue weighted by molar-refractivity contribution is 5.89. The molecule has 0 spiro atoms. The molecule has 8 atom stereocenters. The van der Waals surface area contributed by atoms with Crippen molar-refractivity contribution in [1.82, 2.24) is 0 Å². The van der Waals surface area contributed by atoms with Gasteiger partial charge >= 0.3 is 17.9 Å². The van der Waals surface area contributed by atoms with Crippen LogP contribution in [0.15, 0.2) is 30.3 Å². The molecule has 2 heterocycles. The summed E-state index contributed by atoms with van der Waals surface area (Å²) in [4.78, 5) is 34.1. The SMILES string of the molecule is O=C1C[C@H]2C(C[C@@H](O)[C@@H]2CO)O1.O=C1C[C@H]2C(C[C@@H](OC(=O)c3ccccc3)[C@@H]2CO)O1. The monoisotopic (exact) mass is 448 g/mol. The molecule has 9 heteroatoms. The Morgan fingerprint density at radius 1 is 0.906 bits per heavy atom. The van der Waals surface area contributed by atoms with Gasteiger partial charge < -0.3 is 29.5 Å². The first-order chi connectivity index (χ1) is 15.4. The largest absolute Gasteiger partial charge is 0.462 e. The Hall–Kier alpha value is -2.49. The van der Waals surface area contributed by atoms with E-state index in [-0.39, 0.29) is 61.0 Å². The van der Waals surface area contributed by atoms with Crippen molar-refractivity contribution < 1.29 is 43.9 Å². The van der Waals surface area contributed by atoms with E-state index in [1.807, 2.05) is 6.07 Å². The molecule has 32 heavy (non-hydrogen) atoms. The van der Waals surface area contributed by atoms with Crippen LogP contribution in [0.25, 0.3) is 0 Å². The van der Waals surface area contributed by atoms with Crippen molar-refractivity contribution in [3.63, 3.8) is 0 Å². The zero-order valence-corrected chi connectivity index (χ0v) is 17.5. The molecule has 1 aromatic carbocycles. The second-order valence-electron chi connectivity index (χ2n) is 8.83. The molecular formula is C23H28O9. The highest BCUT2D eigenvalue weighted by Gasteiger charge is 2.51. The summed E-state index contributed by atoms with van der Waals surface area (Å²) in [5.41, 5.74) is 0.484. The maximum absolute atomic E-state index is 12.0. The number of benzene rings is 1. The highest BCUT2D eigenvalue weighted by Crippen LogP contribution is 2.43. The van der Waals surface area contributed by atoms with Gasteiger partial charge in [-0.2, -0.15) is 0 Å². The van der Waals surface area contributed by atoms with Crippen LogP contribution < -0.4 is 0 Å². The third-order valence-corrected chi connectivity index (χ3v) is 7.03. The first-order valence-corrected chi connectivity index (χ1v) is 11.0. The van der Waals surface area contributed by atoms with E-state index in [2.05, 4.69) is 0 Å². The van der Waals surface area contributed by atoms with Gasteiger partial charge in [0.2, 0.25) is 0 Å². The molecule has 4 fully saturated rings. The molecule has 2 aliphatic heterocycles. The van der Waals surface area contributed by atoms with Crippen LogP contribution in [-0.4, -0.2) is 70.9 Å². The normalized spacial score (nSPS) is 37.1. The number of carbonyl (C=O) groups excluding carboxylic acids is 3. The molecule has 3 N–H and O–H groups in total. The standard InChI is InChI=1S/C15H16O5.C8H12O4/c16-8-11-10-6-14(17)19-12(10)7-13(11)20-15(18)9-4-2-1-3-5-9;9-3-5-4-1-8(11)12-7(4)2-6(5)10/h1-5,10-13,16H,6-8H2;4-7,9-10H,1-3H2/t10-,11-,12?,13-;4-,5-,6-,7?/m11/s1. The Labute approximate surface area is 185 Å². The maximum Gasteiger partial charge on any atom is 0.338 e. The first kappa shape index (κ1) is 22.7. The Morgan fingerprint density at radius 2 is 1.47 bits per heavy atom. The fourth-order valence-corrected chi connectivity index (χ4v) is 5.36. The van der Waals surface area contributed by atoms with E-state index in [4.69, 9.17) is 19.3 Å². The van der Waals surface area contributed by atoms with Crippen LogP contribution in [0.4, 0.5) is 0 Å². The van der Waals surface area contributed by atoms with Crippen molar-refractivity contribution >= 4 is 17.9 Å². The number of hydrogen-bond acceptors (Lipinski definition) is 9. The summed E-state index contributed by atoms with van der Waals surface area (Å²) in [7, 11) is 0. The van der Waals surface area contributed by atoms with Gasteiger partial charge in [-0.15, -0.1) is 0 Å². The molecule has 2 unspecified atom stereocenters. The molecule has 2 aliphatic carbocycles. The van der Waals surface area contributed by atoms with Crippen LogP contribution in [0, 0.1) is 23.7 Å². The van der Waals surface area contributed by atoms with Gasteiger partial charge in [-0.1, -0.05) is 18.2 Å². The van der Waals surface area contributed by atoms with Crippen LogP contribution in [0.3, 0.4) is 0 Å². The number of esters is 3. The average Bonchev–Trinajstić information content (AvgIpc) is 3.47. The lowest BCUT2D eigenvalue weighted by Gasteiger charge is -2.20. The van der Waals surface area contributed by atoms with Gasteiger partial charge in [-0.05, 0) is 12.1 Å². The summed E-state index contributed by atoms with van der Waals surface area (Å²) in [6, 6.07) is 8.74. The summed E-state index contributed by atoms with van der Waals surface area (Å²) in [5.74, 6) is -1.22. The van der Waals surface area contributed by atoms with Gasteiger partial charge in [0.05, 0.1) is 24.5 Å². The fraction of sp³-hybridized carbons (Fsp3) is 0.609. The van der Waals surface area contributed by atoms with Crippen molar-refractivity contribution in [3.05, 3.63) is 35.9 Å². The number of aliphatic hydroxyl groups excluding tert-OH is 3. The van der Waals surface area contributed by atoms with Crippen LogP contribution >= 0.6 is 0 Å². The number of carbonyl (C=O) groups is 3. The van der Waals surface area contributed by atoms with Crippen LogP contribution in [0.2, 0.25) is 0 Å². The molecular weight excluding hydrogens is 420 g/mol. The topological polar surface area (TPSA) is 140 Å². The van der Waals surface area contributed by atoms with Crippen molar-refractivity contribution in [2.45, 2.75) is 50.1 Å². The summed E-state index contributed by atoms with van der Waals surface area (Å²) < 4.78 is 15.7. The number of aliphatic hydroxyl groups is 3. The van der Waals surface area contributed by atoms with Gasteiger partial charge in [-0.25, -0.2) is 4.79 Å². The van der Waals surface area contributed by atoms with E-state index in [1.165, 1.54) is 0 Å². The highest BCUT2D eigenvalue weighted by atomic mass is 16.6. The van der Waals surface area contributed by atoms with Crippen molar-refractivity contribution in [1.29, 1.82) is 0 Å². The van der Waals surface area contributed by atoms with Crippen molar-refractivity contribution in [2.75, 3.05) is 13.2 Å². The summed E-state index contributed by atoms with van der Waals surface area (Å²) in [5, 5.41) is 27.9. The predicted molar refractivity (Wildman–Crippen MR) is 108 cm³/mol. The maximum atomic E-state index is 12.0. The molecule has 0 aromatic heterocycles. The minimum absolute atomic E-state index is 0.0394. The smallest absolute Gasteiger partial charge is 0.338 e. The van der Waals surface area contributed by atoms with Gasteiger partial charge in [0.25, 0.3) is 0 Å². The molecule has 2 saturated carbocycles. The minimum Gasteiger partial charge on any atom is -0.462 e. The predicted octanol–water partition coefficient (Wildman–Crippen LogP) is 0.447. The van der Waals surface area contributed by atoms with Crippen LogP contribution in [0.5, 0.6) is 0 Å². The van der Waals surface area contributed by atoms with Gasteiger partial charge in [0, 0.05) is 49.7 Å². The van der Waals surface area contributed by atoms with E-state index in [0.717, 1.165) is 0 Å². The number of ether oxygens (including phenoxy) is 3. The van der Waals surface area contributed by atoms with E-state index in [0.29, 0.717) is 31.2 Å². The molecule has 2 saturated heterocycles. The summed E-state index contributed by atoms with van der Waals surface area (Å²) in [6.45, 7) is -0.163. The van der Waals surface area contributed by atoms with Crippen molar-refractivity contribution in [3.8, 4) is 0 Å². The summed E-state index contributed by atoms with van der Waals surface area (Å²) >= 11 is 0. The molecule has 174 valence electrons. The van der Waals surface area contributed by atoms with Gasteiger partial charge in [-0.3, -0.25) is 9.59 Å². The number of rotatable bonds is 4. The lowest BCUT2D eigenvalue weighted by atomic mass is 9.93. The van der Waals surface area contributed by atoms with E-state index < -0.39 is 18.2 Å². The van der Waals surface area contributed by atoms with Crippen LogP contribution in [-0.2, 0) is 23.8 Å². The van der Waals surface area contributed by atoms with E-state index in [9.17, 15) is 24.6 Å². The number of fused-ring (bicyclic) bond motifs is 2. The second kappa shape index (κ2) is 9.56. The van der Waals surface area contributed by atoms with Gasteiger partial charge in [0.15, 0.2) is 0 Å². The van der Waals surface area contributed by atoms with E-state index in [1.54, 1.807) is 24.3 Å². The zero-order valence-electron chi connectivity index (χ0n) is 17.5. The quantitative estimate of drug-likeness (QED) is 0.442. The Kier molecular flexibility index (Phi) is 6.78. The second-order valence-corrected chi connectivity index (χ2v) is 8.83.